The third-order valence-electron chi connectivity index (χ3n) is 3.37. The van der Waals surface area contributed by atoms with Gasteiger partial charge in [-0.05, 0) is 12.1 Å². The molecule has 1 amide bonds. The van der Waals surface area contributed by atoms with Crippen LogP contribution in [0.2, 0.25) is 10.0 Å². The van der Waals surface area contributed by atoms with Crippen molar-refractivity contribution in [3.8, 4) is 5.75 Å². The average molecular weight is 387 g/mol. The van der Waals surface area contributed by atoms with Gasteiger partial charge in [0.15, 0.2) is 17.2 Å². The van der Waals surface area contributed by atoms with E-state index >= 15 is 0 Å². The molecule has 0 saturated carbocycles. The number of aliphatic carboxylic acids is 1. The van der Waals surface area contributed by atoms with Crippen molar-refractivity contribution in [2.24, 2.45) is 5.92 Å². The lowest BCUT2D eigenvalue weighted by molar-refractivity contribution is -0.141. The van der Waals surface area contributed by atoms with Gasteiger partial charge in [-0.25, -0.2) is 0 Å². The first-order valence-corrected chi connectivity index (χ1v) is 8.06. The molecule has 0 fully saturated rings. The number of halogens is 2. The SMILES string of the molecule is CC(CN(C)C(=O)c1cc(COc2c(Cl)cccc2Cl)on1)C(=O)O. The summed E-state index contributed by atoms with van der Waals surface area (Å²) in [7, 11) is 1.50. The molecule has 9 heteroatoms. The fourth-order valence-electron chi connectivity index (χ4n) is 2.01. The molecule has 0 aliphatic carbocycles. The lowest BCUT2D eigenvalue weighted by atomic mass is 10.1. The van der Waals surface area contributed by atoms with Crippen LogP contribution in [0.25, 0.3) is 0 Å². The number of aromatic nitrogens is 1. The van der Waals surface area contributed by atoms with Crippen LogP contribution in [0.3, 0.4) is 0 Å². The molecule has 1 N–H and O–H groups in total. The summed E-state index contributed by atoms with van der Waals surface area (Å²) in [6, 6.07) is 6.39. The molecule has 2 rings (SSSR count). The Morgan fingerprint density at radius 1 is 1.36 bits per heavy atom. The molecule has 1 unspecified atom stereocenters. The van der Waals surface area contributed by atoms with Crippen LogP contribution in [0.15, 0.2) is 28.8 Å². The van der Waals surface area contributed by atoms with Gasteiger partial charge in [0.2, 0.25) is 0 Å². The second kappa shape index (κ2) is 8.22. The first kappa shape index (κ1) is 19.1. The van der Waals surface area contributed by atoms with Gasteiger partial charge in [0.25, 0.3) is 5.91 Å². The number of hydrogen-bond donors (Lipinski definition) is 1. The van der Waals surface area contributed by atoms with E-state index in [4.69, 9.17) is 37.6 Å². The standard InChI is InChI=1S/C16H16Cl2N2O5/c1-9(16(22)23)7-20(2)15(21)13-6-10(25-19-13)8-24-14-11(17)4-3-5-12(14)18/h3-6,9H,7-8H2,1-2H3,(H,22,23). The second-order valence-electron chi connectivity index (χ2n) is 5.44. The van der Waals surface area contributed by atoms with Gasteiger partial charge < -0.3 is 19.3 Å². The quantitative estimate of drug-likeness (QED) is 0.783. The lowest BCUT2D eigenvalue weighted by Gasteiger charge is -2.17. The fourth-order valence-corrected chi connectivity index (χ4v) is 2.52. The molecule has 134 valence electrons. The molecular formula is C16H16Cl2N2O5. The van der Waals surface area contributed by atoms with Gasteiger partial charge in [0.05, 0.1) is 16.0 Å². The molecule has 0 radical (unpaired) electrons. The zero-order valence-corrected chi connectivity index (χ0v) is 15.0. The topological polar surface area (TPSA) is 92.9 Å². The molecule has 1 heterocycles. The van der Waals surface area contributed by atoms with Crippen LogP contribution in [0, 0.1) is 5.92 Å². The molecule has 7 nitrogen and oxygen atoms in total. The monoisotopic (exact) mass is 386 g/mol. The summed E-state index contributed by atoms with van der Waals surface area (Å²) < 4.78 is 10.6. The minimum absolute atomic E-state index is 0.0149. The molecule has 0 spiro atoms. The summed E-state index contributed by atoms with van der Waals surface area (Å²) in [5.41, 5.74) is 0.0592. The van der Waals surface area contributed by atoms with Gasteiger partial charge in [-0.3, -0.25) is 9.59 Å². The predicted molar refractivity (Wildman–Crippen MR) is 91.1 cm³/mol. The zero-order valence-electron chi connectivity index (χ0n) is 13.5. The number of nitrogens with zero attached hydrogens (tertiary/aromatic N) is 2. The maximum absolute atomic E-state index is 12.2. The summed E-state index contributed by atoms with van der Waals surface area (Å²) in [6.45, 7) is 1.56. The van der Waals surface area contributed by atoms with Gasteiger partial charge in [-0.15, -0.1) is 0 Å². The summed E-state index contributed by atoms with van der Waals surface area (Å²) in [4.78, 5) is 24.4. The van der Waals surface area contributed by atoms with E-state index < -0.39 is 17.8 Å². The average Bonchev–Trinajstić information content (AvgIpc) is 3.02. The summed E-state index contributed by atoms with van der Waals surface area (Å²) in [5.74, 6) is -1.50. The van der Waals surface area contributed by atoms with Crippen molar-refractivity contribution in [1.29, 1.82) is 0 Å². The van der Waals surface area contributed by atoms with Gasteiger partial charge in [-0.2, -0.15) is 0 Å². The van der Waals surface area contributed by atoms with E-state index in [1.54, 1.807) is 18.2 Å². The van der Waals surface area contributed by atoms with Crippen molar-refractivity contribution in [2.45, 2.75) is 13.5 Å². The van der Waals surface area contributed by atoms with Crippen molar-refractivity contribution in [3.05, 3.63) is 45.8 Å². The minimum Gasteiger partial charge on any atom is -0.482 e. The van der Waals surface area contributed by atoms with E-state index in [0.717, 1.165) is 0 Å². The number of hydrogen-bond acceptors (Lipinski definition) is 5. The molecule has 0 saturated heterocycles. The Kier molecular flexibility index (Phi) is 6.27. The lowest BCUT2D eigenvalue weighted by Crippen LogP contribution is -2.33. The first-order valence-electron chi connectivity index (χ1n) is 7.30. The Balaban J connectivity index is 2.00. The number of benzene rings is 1. The van der Waals surface area contributed by atoms with Crippen LogP contribution < -0.4 is 4.74 Å². The Labute approximate surface area is 154 Å². The molecule has 0 aliphatic rings. The highest BCUT2D eigenvalue weighted by Crippen LogP contribution is 2.32. The van der Waals surface area contributed by atoms with Crippen LogP contribution in [0.1, 0.15) is 23.2 Å². The number of carbonyl (C=O) groups is 2. The predicted octanol–water partition coefficient (Wildman–Crippen LogP) is 3.35. The van der Waals surface area contributed by atoms with E-state index in [-0.39, 0.29) is 18.8 Å². The van der Waals surface area contributed by atoms with Crippen LogP contribution in [0.5, 0.6) is 5.75 Å². The third kappa shape index (κ3) is 4.87. The maximum atomic E-state index is 12.2. The number of ether oxygens (including phenoxy) is 1. The first-order chi connectivity index (χ1) is 11.8. The van der Waals surface area contributed by atoms with E-state index in [2.05, 4.69) is 5.16 Å². The Morgan fingerprint density at radius 3 is 2.60 bits per heavy atom. The van der Waals surface area contributed by atoms with Gasteiger partial charge >= 0.3 is 5.97 Å². The molecule has 1 aromatic carbocycles. The van der Waals surface area contributed by atoms with Crippen molar-refractivity contribution in [1.82, 2.24) is 10.1 Å². The van der Waals surface area contributed by atoms with Gasteiger partial charge in [-0.1, -0.05) is 41.3 Å². The molecule has 0 bridgehead atoms. The molecule has 0 aliphatic heterocycles. The van der Waals surface area contributed by atoms with E-state index in [1.165, 1.54) is 24.9 Å². The molecular weight excluding hydrogens is 371 g/mol. The van der Waals surface area contributed by atoms with E-state index in [0.29, 0.717) is 21.6 Å². The normalized spacial score (nSPS) is 11.8. The molecule has 1 aromatic heterocycles. The van der Waals surface area contributed by atoms with Crippen LogP contribution >= 0.6 is 23.2 Å². The second-order valence-corrected chi connectivity index (χ2v) is 6.26. The number of carboxylic acid groups (broad SMARTS) is 1. The van der Waals surface area contributed by atoms with Gasteiger partial charge in [0, 0.05) is 19.7 Å². The Morgan fingerprint density at radius 2 is 2.00 bits per heavy atom. The highest BCUT2D eigenvalue weighted by molar-refractivity contribution is 6.37. The molecule has 25 heavy (non-hydrogen) atoms. The zero-order chi connectivity index (χ0) is 18.6. The van der Waals surface area contributed by atoms with E-state index in [9.17, 15) is 9.59 Å². The number of carboxylic acids is 1. The van der Waals surface area contributed by atoms with Gasteiger partial charge in [0.1, 0.15) is 6.61 Å². The van der Waals surface area contributed by atoms with Crippen molar-refractivity contribution < 1.29 is 24.0 Å². The van der Waals surface area contributed by atoms with Crippen molar-refractivity contribution in [3.63, 3.8) is 0 Å². The number of para-hydroxylation sites is 1. The van der Waals surface area contributed by atoms with Crippen LogP contribution in [0.4, 0.5) is 0 Å². The van der Waals surface area contributed by atoms with E-state index in [1.807, 2.05) is 0 Å². The minimum atomic E-state index is -0.981. The van der Waals surface area contributed by atoms with Crippen molar-refractivity contribution in [2.75, 3.05) is 13.6 Å². The maximum Gasteiger partial charge on any atom is 0.308 e. The third-order valence-corrected chi connectivity index (χ3v) is 3.97. The van der Waals surface area contributed by atoms with Crippen LogP contribution in [-0.2, 0) is 11.4 Å². The number of carbonyl (C=O) groups excluding carboxylic acids is 1. The smallest absolute Gasteiger partial charge is 0.308 e. The number of rotatable bonds is 7. The number of amides is 1. The summed E-state index contributed by atoms with van der Waals surface area (Å²) in [6.07, 6.45) is 0. The summed E-state index contributed by atoms with van der Waals surface area (Å²) >= 11 is 12.0. The molecule has 2 aromatic rings. The fraction of sp³-hybridized carbons (Fsp3) is 0.312. The molecule has 1 atom stereocenters. The largest absolute Gasteiger partial charge is 0.482 e. The summed E-state index contributed by atoms with van der Waals surface area (Å²) in [5, 5.41) is 13.3. The Hall–Kier alpha value is -2.25. The van der Waals surface area contributed by atoms with Crippen LogP contribution in [-0.4, -0.2) is 40.6 Å². The highest BCUT2D eigenvalue weighted by atomic mass is 35.5. The highest BCUT2D eigenvalue weighted by Gasteiger charge is 2.21. The van der Waals surface area contributed by atoms with Crippen molar-refractivity contribution >= 4 is 35.1 Å². The Bertz CT molecular complexity index is 757.